The average Bonchev–Trinajstić information content (AvgIpc) is 3.43. The van der Waals surface area contributed by atoms with Crippen LogP contribution in [0.3, 0.4) is 0 Å². The Morgan fingerprint density at radius 2 is 1.10 bits per heavy atom. The Balaban J connectivity index is 0.00000113. The maximum Gasteiger partial charge on any atom is 0 e. The third-order valence-electron chi connectivity index (χ3n) is 5.13. The Labute approximate surface area is 199 Å². The molecule has 0 nitrogen and oxygen atoms in total. The standard InChI is InChI=1S/C21H39P2.C5H5.Ti/c1-5-9-16-22(17-10-6-2)20-14-13-15-21(20)23(18-11-7-3)19-12-8-4;1-2-4-5-3-1;/h13-15H,5-12,16-19H2,1-4H3;1-5H;/q-1;-5;. The molecular formula is C26H44P2Ti-6. The molecule has 29 heavy (non-hydrogen) atoms. The first-order valence-corrected chi connectivity index (χ1v) is 15.1. The van der Waals surface area contributed by atoms with Gasteiger partial charge < -0.3 is 30.3 Å². The molecular weight excluding hydrogens is 422 g/mol. The summed E-state index contributed by atoms with van der Waals surface area (Å²) in [5, 5.41) is 3.61. The van der Waals surface area contributed by atoms with Crippen LogP contribution in [0.2, 0.25) is 0 Å². The maximum absolute atomic E-state index is 2.50. The second-order valence-electron chi connectivity index (χ2n) is 7.65. The number of rotatable bonds is 14. The van der Waals surface area contributed by atoms with Crippen LogP contribution < -0.4 is 10.6 Å². The average molecular weight is 466 g/mol. The summed E-state index contributed by atoms with van der Waals surface area (Å²) in [6.45, 7) is 9.37. The van der Waals surface area contributed by atoms with E-state index in [2.05, 4.69) is 45.9 Å². The summed E-state index contributed by atoms with van der Waals surface area (Å²) in [5.74, 6) is 0. The first-order valence-electron chi connectivity index (χ1n) is 11.7. The molecule has 0 aromatic heterocycles. The van der Waals surface area contributed by atoms with Crippen LogP contribution in [0.5, 0.6) is 0 Å². The van der Waals surface area contributed by atoms with E-state index < -0.39 is 0 Å². The smallest absolute Gasteiger partial charge is 0 e. The van der Waals surface area contributed by atoms with Gasteiger partial charge in [0, 0.05) is 21.7 Å². The second-order valence-corrected chi connectivity index (χ2v) is 12.6. The zero-order valence-corrected chi connectivity index (χ0v) is 22.8. The molecule has 0 saturated heterocycles. The van der Waals surface area contributed by atoms with E-state index in [0.717, 1.165) is 0 Å². The van der Waals surface area contributed by atoms with Gasteiger partial charge in [0.05, 0.1) is 0 Å². The molecule has 0 heterocycles. The molecule has 0 amide bonds. The van der Waals surface area contributed by atoms with Gasteiger partial charge in [-0.05, 0) is 37.5 Å². The van der Waals surface area contributed by atoms with Crippen molar-refractivity contribution < 1.29 is 21.7 Å². The SMILES string of the molecule is CCCCP(CCCC)c1ccc[c-]1P(CCCC)CCCC.[Ti].[cH-]1[cH-][cH-][cH-][cH-]1. The van der Waals surface area contributed by atoms with Gasteiger partial charge >= 0.3 is 0 Å². The van der Waals surface area contributed by atoms with Crippen molar-refractivity contribution in [1.82, 2.24) is 0 Å². The minimum absolute atomic E-state index is 0. The Morgan fingerprint density at radius 1 is 0.690 bits per heavy atom. The van der Waals surface area contributed by atoms with Crippen LogP contribution in [0.25, 0.3) is 0 Å². The Bertz CT molecular complexity index is 479. The molecule has 2 rings (SSSR count). The predicted octanol–water partition coefficient (Wildman–Crippen LogP) is 8.22. The first kappa shape index (κ1) is 29.3. The van der Waals surface area contributed by atoms with Crippen molar-refractivity contribution >= 4 is 26.5 Å². The minimum atomic E-state index is 0. The molecule has 0 unspecified atom stereocenters. The summed E-state index contributed by atoms with van der Waals surface area (Å²) >= 11 is 0. The van der Waals surface area contributed by atoms with E-state index in [1.165, 1.54) is 76.0 Å². The van der Waals surface area contributed by atoms with Crippen molar-refractivity contribution in [3.8, 4) is 0 Å². The Morgan fingerprint density at radius 3 is 1.52 bits per heavy atom. The fourth-order valence-electron chi connectivity index (χ4n) is 3.36. The van der Waals surface area contributed by atoms with Crippen molar-refractivity contribution in [3.05, 3.63) is 48.5 Å². The summed E-state index contributed by atoms with van der Waals surface area (Å²) in [5.41, 5.74) is 0. The maximum atomic E-state index is 2.50. The Hall–Kier alpha value is 0.274. The molecule has 0 bridgehead atoms. The van der Waals surface area contributed by atoms with Gasteiger partial charge in [0.2, 0.25) is 0 Å². The van der Waals surface area contributed by atoms with Gasteiger partial charge in [-0.25, -0.2) is 12.1 Å². The molecule has 0 atom stereocenters. The molecule has 0 aliphatic heterocycles. The molecule has 168 valence electrons. The van der Waals surface area contributed by atoms with Crippen molar-refractivity contribution in [2.45, 2.75) is 79.1 Å². The topological polar surface area (TPSA) is 0 Å². The molecule has 0 fully saturated rings. The fraction of sp³-hybridized carbons (Fsp3) is 0.615. The van der Waals surface area contributed by atoms with Gasteiger partial charge in [-0.3, -0.25) is 0 Å². The van der Waals surface area contributed by atoms with Crippen LogP contribution in [-0.2, 0) is 21.7 Å². The second kappa shape index (κ2) is 20.2. The third-order valence-corrected chi connectivity index (χ3v) is 10.9. The van der Waals surface area contributed by atoms with Gasteiger partial charge in [0.1, 0.15) is 0 Å². The fourth-order valence-corrected chi connectivity index (χ4v) is 9.80. The monoisotopic (exact) mass is 466 g/mol. The van der Waals surface area contributed by atoms with Gasteiger partial charge in [0.25, 0.3) is 0 Å². The molecule has 2 aromatic rings. The van der Waals surface area contributed by atoms with Crippen LogP contribution in [0, 0.1) is 0 Å². The minimum Gasteiger partial charge on any atom is -0.748 e. The van der Waals surface area contributed by atoms with Crippen LogP contribution in [0.4, 0.5) is 0 Å². The van der Waals surface area contributed by atoms with Crippen molar-refractivity contribution in [1.29, 1.82) is 0 Å². The van der Waals surface area contributed by atoms with Crippen molar-refractivity contribution in [3.63, 3.8) is 0 Å². The van der Waals surface area contributed by atoms with Gasteiger partial charge in [0.15, 0.2) is 0 Å². The summed E-state index contributed by atoms with van der Waals surface area (Å²) in [6, 6.07) is 17.4. The van der Waals surface area contributed by atoms with E-state index in [1.54, 1.807) is 10.6 Å². The summed E-state index contributed by atoms with van der Waals surface area (Å²) in [6.07, 6.45) is 16.9. The Kier molecular flexibility index (Phi) is 20.4. The number of unbranched alkanes of at least 4 members (excludes halogenated alkanes) is 4. The van der Waals surface area contributed by atoms with Crippen molar-refractivity contribution in [2.24, 2.45) is 0 Å². The van der Waals surface area contributed by atoms with Crippen LogP contribution >= 0.6 is 15.8 Å². The number of hydrogen-bond acceptors (Lipinski definition) is 0. The summed E-state index contributed by atoms with van der Waals surface area (Å²) in [7, 11) is 0.205. The van der Waals surface area contributed by atoms with Crippen LogP contribution in [0.1, 0.15) is 79.1 Å². The van der Waals surface area contributed by atoms with E-state index in [1.807, 2.05) is 30.3 Å². The molecule has 0 aliphatic rings. The molecule has 3 heteroatoms. The predicted molar refractivity (Wildman–Crippen MR) is 136 cm³/mol. The van der Waals surface area contributed by atoms with E-state index >= 15 is 0 Å². The largest absolute Gasteiger partial charge is 0.748 e. The van der Waals surface area contributed by atoms with Crippen molar-refractivity contribution in [2.75, 3.05) is 24.6 Å². The van der Waals surface area contributed by atoms with Gasteiger partial charge in [-0.1, -0.05) is 66.2 Å². The van der Waals surface area contributed by atoms with E-state index in [9.17, 15) is 0 Å². The van der Waals surface area contributed by atoms with Gasteiger partial charge in [-0.15, -0.1) is 26.5 Å². The third kappa shape index (κ3) is 12.7. The summed E-state index contributed by atoms with van der Waals surface area (Å²) < 4.78 is 0. The normalized spacial score (nSPS) is 10.7. The summed E-state index contributed by atoms with van der Waals surface area (Å²) in [4.78, 5) is 0. The van der Waals surface area contributed by atoms with Gasteiger partial charge in [-0.2, -0.15) is 6.07 Å². The molecule has 0 spiro atoms. The van der Waals surface area contributed by atoms with Crippen LogP contribution in [0.15, 0.2) is 48.5 Å². The quantitative estimate of drug-likeness (QED) is 0.149. The van der Waals surface area contributed by atoms with E-state index in [-0.39, 0.29) is 37.6 Å². The number of hydrogen-bond donors (Lipinski definition) is 0. The molecule has 2 aromatic carbocycles. The molecule has 0 radical (unpaired) electrons. The molecule has 0 aliphatic carbocycles. The van der Waals surface area contributed by atoms with Crippen LogP contribution in [-0.4, -0.2) is 24.6 Å². The molecule has 0 N–H and O–H groups in total. The zero-order chi connectivity index (χ0) is 20.5. The molecule has 0 saturated carbocycles. The van der Waals surface area contributed by atoms with E-state index in [4.69, 9.17) is 0 Å². The first-order chi connectivity index (χ1) is 13.8. The van der Waals surface area contributed by atoms with E-state index in [0.29, 0.717) is 0 Å². The zero-order valence-electron chi connectivity index (χ0n) is 19.5.